The number of nitrogens with one attached hydrogen (secondary N) is 1. The highest BCUT2D eigenvalue weighted by atomic mass is 16.7. The summed E-state index contributed by atoms with van der Waals surface area (Å²) in [7, 11) is 0. The lowest BCUT2D eigenvalue weighted by molar-refractivity contribution is -0.129. The van der Waals surface area contributed by atoms with Gasteiger partial charge >= 0.3 is 5.97 Å². The van der Waals surface area contributed by atoms with Crippen molar-refractivity contribution >= 4 is 22.6 Å². The summed E-state index contributed by atoms with van der Waals surface area (Å²) in [5, 5.41) is 23.9. The maximum absolute atomic E-state index is 12.5. The highest BCUT2D eigenvalue weighted by molar-refractivity contribution is 6.04. The van der Waals surface area contributed by atoms with Crippen LogP contribution in [-0.2, 0) is 16.1 Å². The number of carbonyl (C=O) groups excluding carboxylic acids is 2. The van der Waals surface area contributed by atoms with Gasteiger partial charge in [0.25, 0.3) is 5.91 Å². The van der Waals surface area contributed by atoms with Crippen molar-refractivity contribution in [3.05, 3.63) is 59.7 Å². The predicted octanol–water partition coefficient (Wildman–Crippen LogP) is 2.84. The zero-order chi connectivity index (χ0) is 21.3. The average Bonchev–Trinajstić information content (AvgIpc) is 3.22. The summed E-state index contributed by atoms with van der Waals surface area (Å²) >= 11 is 0. The second-order valence-corrected chi connectivity index (χ2v) is 6.79. The maximum atomic E-state index is 12.5. The Morgan fingerprint density at radius 2 is 1.80 bits per heavy atom. The number of esters is 1. The summed E-state index contributed by atoms with van der Waals surface area (Å²) in [6.07, 6.45) is -1.11. The van der Waals surface area contributed by atoms with Gasteiger partial charge in [0.05, 0.1) is 0 Å². The Balaban J connectivity index is 1.41. The highest BCUT2D eigenvalue weighted by Crippen LogP contribution is 2.36. The number of benzene rings is 3. The van der Waals surface area contributed by atoms with Crippen molar-refractivity contribution in [1.82, 2.24) is 5.32 Å². The van der Waals surface area contributed by atoms with Crippen molar-refractivity contribution in [3.63, 3.8) is 0 Å². The number of phenols is 2. The van der Waals surface area contributed by atoms with E-state index >= 15 is 0 Å². The highest BCUT2D eigenvalue weighted by Gasteiger charge is 2.23. The number of amides is 1. The first-order valence-electron chi connectivity index (χ1n) is 9.25. The number of hydrogen-bond acceptors (Lipinski definition) is 7. The van der Waals surface area contributed by atoms with Crippen LogP contribution in [-0.4, -0.2) is 35.0 Å². The summed E-state index contributed by atoms with van der Waals surface area (Å²) in [6.45, 7) is 1.79. The van der Waals surface area contributed by atoms with E-state index in [1.807, 2.05) is 0 Å². The van der Waals surface area contributed by atoms with Crippen molar-refractivity contribution in [3.8, 4) is 23.0 Å². The molecule has 3 N–H and O–H groups in total. The van der Waals surface area contributed by atoms with Gasteiger partial charge in [0, 0.05) is 17.3 Å². The summed E-state index contributed by atoms with van der Waals surface area (Å²) in [4.78, 5) is 24.8. The van der Waals surface area contributed by atoms with Gasteiger partial charge in [0.1, 0.15) is 17.1 Å². The molecule has 0 saturated heterocycles. The Morgan fingerprint density at radius 1 is 1.07 bits per heavy atom. The molecule has 0 unspecified atom stereocenters. The number of ether oxygens (including phenoxy) is 3. The Bertz CT molecular complexity index is 1140. The standard InChI is InChI=1S/C22H19NO7/c1-12(21(26)23-10-13-6-7-18-19(8-13)29-11-28-18)30-22(27)16-9-17(24)14-4-2-3-5-15(14)20(16)25/h2-9,12,24-25H,10-11H2,1H3,(H,23,26)/t12-/m1/s1. The first-order chi connectivity index (χ1) is 14.4. The minimum Gasteiger partial charge on any atom is -0.507 e. The van der Waals surface area contributed by atoms with Crippen molar-refractivity contribution in [2.24, 2.45) is 0 Å². The molecule has 30 heavy (non-hydrogen) atoms. The third-order valence-corrected chi connectivity index (χ3v) is 4.77. The molecular formula is C22H19NO7. The van der Waals surface area contributed by atoms with Crippen LogP contribution in [0.2, 0.25) is 0 Å². The van der Waals surface area contributed by atoms with Crippen LogP contribution in [0.25, 0.3) is 10.8 Å². The fourth-order valence-electron chi connectivity index (χ4n) is 3.16. The molecular weight excluding hydrogens is 390 g/mol. The lowest BCUT2D eigenvalue weighted by Gasteiger charge is -2.15. The van der Waals surface area contributed by atoms with Crippen molar-refractivity contribution < 1.29 is 34.0 Å². The van der Waals surface area contributed by atoms with E-state index in [1.54, 1.807) is 42.5 Å². The lowest BCUT2D eigenvalue weighted by atomic mass is 10.0. The molecule has 0 aliphatic carbocycles. The molecule has 0 fully saturated rings. The second kappa shape index (κ2) is 7.82. The zero-order valence-corrected chi connectivity index (χ0v) is 16.0. The molecule has 0 saturated carbocycles. The van der Waals surface area contributed by atoms with Crippen LogP contribution in [0.3, 0.4) is 0 Å². The molecule has 8 heteroatoms. The number of carbonyl (C=O) groups is 2. The second-order valence-electron chi connectivity index (χ2n) is 6.79. The largest absolute Gasteiger partial charge is 0.507 e. The molecule has 8 nitrogen and oxygen atoms in total. The molecule has 0 aromatic heterocycles. The van der Waals surface area contributed by atoms with E-state index in [2.05, 4.69) is 5.32 Å². The number of fused-ring (bicyclic) bond motifs is 2. The fourth-order valence-corrected chi connectivity index (χ4v) is 3.16. The van der Waals surface area contributed by atoms with Crippen LogP contribution < -0.4 is 14.8 Å². The van der Waals surface area contributed by atoms with E-state index in [0.717, 1.165) is 11.6 Å². The molecule has 0 spiro atoms. The van der Waals surface area contributed by atoms with Crippen molar-refractivity contribution in [1.29, 1.82) is 0 Å². The van der Waals surface area contributed by atoms with Gasteiger partial charge in [-0.1, -0.05) is 30.3 Å². The first kappa shape index (κ1) is 19.4. The monoisotopic (exact) mass is 409 g/mol. The number of rotatable bonds is 5. The fraction of sp³-hybridized carbons (Fsp3) is 0.182. The third kappa shape index (κ3) is 3.67. The maximum Gasteiger partial charge on any atom is 0.342 e. The lowest BCUT2D eigenvalue weighted by Crippen LogP contribution is -2.35. The molecule has 1 atom stereocenters. The molecule has 4 rings (SSSR count). The van der Waals surface area contributed by atoms with Crippen LogP contribution in [0, 0.1) is 0 Å². The van der Waals surface area contributed by atoms with Crippen molar-refractivity contribution in [2.45, 2.75) is 19.6 Å². The normalized spacial score (nSPS) is 13.1. The Kier molecular flexibility index (Phi) is 5.05. The van der Waals surface area contributed by atoms with Crippen LogP contribution in [0.15, 0.2) is 48.5 Å². The zero-order valence-electron chi connectivity index (χ0n) is 16.0. The van der Waals surface area contributed by atoms with Gasteiger partial charge in [-0.3, -0.25) is 4.79 Å². The van der Waals surface area contributed by atoms with E-state index in [1.165, 1.54) is 6.92 Å². The number of phenolic OH excluding ortho intramolecular Hbond substituents is 2. The van der Waals surface area contributed by atoms with Crippen LogP contribution in [0.1, 0.15) is 22.8 Å². The summed E-state index contributed by atoms with van der Waals surface area (Å²) in [6, 6.07) is 13.0. The number of hydrogen-bond donors (Lipinski definition) is 3. The summed E-state index contributed by atoms with van der Waals surface area (Å²) in [5.74, 6) is -0.667. The summed E-state index contributed by atoms with van der Waals surface area (Å²) < 4.78 is 15.7. The Labute approximate surface area is 171 Å². The van der Waals surface area contributed by atoms with Crippen LogP contribution >= 0.6 is 0 Å². The summed E-state index contributed by atoms with van der Waals surface area (Å²) in [5.41, 5.74) is 0.574. The van der Waals surface area contributed by atoms with E-state index in [4.69, 9.17) is 14.2 Å². The van der Waals surface area contributed by atoms with E-state index in [9.17, 15) is 19.8 Å². The molecule has 1 amide bonds. The first-order valence-corrected chi connectivity index (χ1v) is 9.25. The van der Waals surface area contributed by atoms with Gasteiger partial charge in [0.15, 0.2) is 17.6 Å². The molecule has 1 heterocycles. The van der Waals surface area contributed by atoms with E-state index in [-0.39, 0.29) is 30.4 Å². The molecule has 1 aliphatic rings. The van der Waals surface area contributed by atoms with Gasteiger partial charge in [-0.05, 0) is 30.7 Å². The quantitative estimate of drug-likeness (QED) is 0.438. The number of aromatic hydroxyl groups is 2. The van der Waals surface area contributed by atoms with Crippen LogP contribution in [0.5, 0.6) is 23.0 Å². The van der Waals surface area contributed by atoms with E-state index in [0.29, 0.717) is 22.3 Å². The molecule has 3 aromatic carbocycles. The SMILES string of the molecule is C[C@@H](OC(=O)c1cc(O)c2ccccc2c1O)C(=O)NCc1ccc2c(c1)OCO2. The molecule has 154 valence electrons. The van der Waals surface area contributed by atoms with Gasteiger partial charge in [0.2, 0.25) is 6.79 Å². The third-order valence-electron chi connectivity index (χ3n) is 4.77. The predicted molar refractivity (Wildman–Crippen MR) is 107 cm³/mol. The van der Waals surface area contributed by atoms with Gasteiger partial charge in [-0.2, -0.15) is 0 Å². The Morgan fingerprint density at radius 3 is 2.60 bits per heavy atom. The van der Waals surface area contributed by atoms with Gasteiger partial charge in [-0.25, -0.2) is 4.79 Å². The van der Waals surface area contributed by atoms with E-state index < -0.39 is 18.0 Å². The Hall–Kier alpha value is -3.94. The molecule has 0 bridgehead atoms. The van der Waals surface area contributed by atoms with Gasteiger partial charge < -0.3 is 29.7 Å². The molecule has 3 aromatic rings. The smallest absolute Gasteiger partial charge is 0.342 e. The minimum atomic E-state index is -1.11. The van der Waals surface area contributed by atoms with Gasteiger partial charge in [-0.15, -0.1) is 0 Å². The average molecular weight is 409 g/mol. The van der Waals surface area contributed by atoms with Crippen molar-refractivity contribution in [2.75, 3.05) is 6.79 Å². The minimum absolute atomic E-state index is 0.162. The molecule has 0 radical (unpaired) electrons. The molecule has 1 aliphatic heterocycles. The topological polar surface area (TPSA) is 114 Å². The van der Waals surface area contributed by atoms with Crippen LogP contribution in [0.4, 0.5) is 0 Å².